The smallest absolute Gasteiger partial charge is 0.146 e. The first-order valence-corrected chi connectivity index (χ1v) is 5.84. The molecular formula is C13H20O3. The van der Waals surface area contributed by atoms with Gasteiger partial charge in [0.2, 0.25) is 0 Å². The SMILES string of the molecule is CCOC=C(C)CC1(C)C(=O)CCCC1=O. The van der Waals surface area contributed by atoms with Crippen LogP contribution in [0.25, 0.3) is 0 Å². The molecule has 0 unspecified atom stereocenters. The van der Waals surface area contributed by atoms with E-state index in [0.29, 0.717) is 32.3 Å². The van der Waals surface area contributed by atoms with Crippen LogP contribution in [0.3, 0.4) is 0 Å². The number of hydrogen-bond donors (Lipinski definition) is 0. The predicted molar refractivity (Wildman–Crippen MR) is 62.0 cm³/mol. The third-order valence-electron chi connectivity index (χ3n) is 3.12. The molecule has 16 heavy (non-hydrogen) atoms. The molecule has 0 aromatic rings. The maximum atomic E-state index is 11.8. The summed E-state index contributed by atoms with van der Waals surface area (Å²) in [5.74, 6) is 0.154. The Balaban J connectivity index is 2.75. The normalized spacial score (nSPS) is 21.1. The molecule has 1 aliphatic carbocycles. The van der Waals surface area contributed by atoms with Gasteiger partial charge in [0.25, 0.3) is 0 Å². The highest BCUT2D eigenvalue weighted by Crippen LogP contribution is 2.35. The number of carbonyl (C=O) groups is 2. The highest BCUT2D eigenvalue weighted by Gasteiger charge is 2.42. The van der Waals surface area contributed by atoms with E-state index in [1.807, 2.05) is 13.8 Å². The Morgan fingerprint density at radius 2 is 1.94 bits per heavy atom. The molecule has 0 heterocycles. The topological polar surface area (TPSA) is 43.4 Å². The lowest BCUT2D eigenvalue weighted by Gasteiger charge is -2.30. The Bertz CT molecular complexity index is 299. The number of rotatable bonds is 4. The summed E-state index contributed by atoms with van der Waals surface area (Å²) in [6.07, 6.45) is 3.92. The van der Waals surface area contributed by atoms with Crippen LogP contribution in [-0.4, -0.2) is 18.2 Å². The van der Waals surface area contributed by atoms with E-state index in [1.54, 1.807) is 13.2 Å². The molecule has 1 fully saturated rings. The zero-order valence-corrected chi connectivity index (χ0v) is 10.3. The van der Waals surface area contributed by atoms with Crippen LogP contribution < -0.4 is 0 Å². The Labute approximate surface area is 96.9 Å². The molecule has 0 aliphatic heterocycles. The molecule has 3 nitrogen and oxygen atoms in total. The average molecular weight is 224 g/mol. The van der Waals surface area contributed by atoms with E-state index < -0.39 is 5.41 Å². The molecule has 1 rings (SSSR count). The van der Waals surface area contributed by atoms with E-state index in [0.717, 1.165) is 5.57 Å². The van der Waals surface area contributed by atoms with Crippen molar-refractivity contribution in [2.24, 2.45) is 5.41 Å². The van der Waals surface area contributed by atoms with Gasteiger partial charge < -0.3 is 4.74 Å². The summed E-state index contributed by atoms with van der Waals surface area (Å²) in [6.45, 7) is 6.18. The van der Waals surface area contributed by atoms with Crippen LogP contribution >= 0.6 is 0 Å². The lowest BCUT2D eigenvalue weighted by atomic mass is 9.70. The van der Waals surface area contributed by atoms with Crippen LogP contribution in [0, 0.1) is 5.41 Å². The van der Waals surface area contributed by atoms with Gasteiger partial charge >= 0.3 is 0 Å². The lowest BCUT2D eigenvalue weighted by molar-refractivity contribution is -0.142. The molecule has 1 aliphatic rings. The summed E-state index contributed by atoms with van der Waals surface area (Å²) in [6, 6.07) is 0. The summed E-state index contributed by atoms with van der Waals surface area (Å²) < 4.78 is 5.17. The number of hydrogen-bond acceptors (Lipinski definition) is 3. The zero-order chi connectivity index (χ0) is 12.2. The van der Waals surface area contributed by atoms with Crippen LogP contribution in [0.15, 0.2) is 11.8 Å². The molecule has 0 N–H and O–H groups in total. The summed E-state index contributed by atoms with van der Waals surface area (Å²) in [5, 5.41) is 0. The molecule has 0 spiro atoms. The van der Waals surface area contributed by atoms with Gasteiger partial charge in [-0.3, -0.25) is 9.59 Å². The number of Topliss-reactive ketones (excluding diaryl/α,β-unsaturated/α-hetero) is 2. The fraction of sp³-hybridized carbons (Fsp3) is 0.692. The van der Waals surface area contributed by atoms with Gasteiger partial charge in [0.1, 0.15) is 11.6 Å². The van der Waals surface area contributed by atoms with Gasteiger partial charge in [-0.15, -0.1) is 0 Å². The average Bonchev–Trinajstić information content (AvgIpc) is 2.23. The minimum absolute atomic E-state index is 0.0769. The number of ketones is 2. The van der Waals surface area contributed by atoms with E-state index in [4.69, 9.17) is 4.74 Å². The fourth-order valence-corrected chi connectivity index (χ4v) is 2.14. The van der Waals surface area contributed by atoms with Crippen molar-refractivity contribution < 1.29 is 14.3 Å². The highest BCUT2D eigenvalue weighted by molar-refractivity contribution is 6.08. The molecule has 0 aromatic carbocycles. The van der Waals surface area contributed by atoms with Crippen molar-refractivity contribution >= 4 is 11.6 Å². The van der Waals surface area contributed by atoms with Gasteiger partial charge in [-0.05, 0) is 39.2 Å². The van der Waals surface area contributed by atoms with E-state index in [2.05, 4.69) is 0 Å². The van der Waals surface area contributed by atoms with E-state index in [-0.39, 0.29) is 11.6 Å². The highest BCUT2D eigenvalue weighted by atomic mass is 16.5. The van der Waals surface area contributed by atoms with E-state index in [1.165, 1.54) is 0 Å². The monoisotopic (exact) mass is 224 g/mol. The Morgan fingerprint density at radius 1 is 1.38 bits per heavy atom. The van der Waals surface area contributed by atoms with Crippen LogP contribution in [0.2, 0.25) is 0 Å². The van der Waals surface area contributed by atoms with Crippen molar-refractivity contribution in [2.45, 2.75) is 46.5 Å². The molecule has 0 radical (unpaired) electrons. The molecule has 0 bridgehead atoms. The van der Waals surface area contributed by atoms with Crippen molar-refractivity contribution in [3.8, 4) is 0 Å². The van der Waals surface area contributed by atoms with Gasteiger partial charge in [-0.2, -0.15) is 0 Å². The predicted octanol–water partition coefficient (Wildman–Crippen LogP) is 2.65. The number of carbonyl (C=O) groups excluding carboxylic acids is 2. The lowest BCUT2D eigenvalue weighted by Crippen LogP contribution is -2.40. The number of ether oxygens (including phenoxy) is 1. The largest absolute Gasteiger partial charge is 0.502 e. The Morgan fingerprint density at radius 3 is 2.44 bits per heavy atom. The van der Waals surface area contributed by atoms with Crippen molar-refractivity contribution in [3.63, 3.8) is 0 Å². The summed E-state index contributed by atoms with van der Waals surface area (Å²) in [7, 11) is 0. The van der Waals surface area contributed by atoms with Gasteiger partial charge in [-0.1, -0.05) is 0 Å². The van der Waals surface area contributed by atoms with Gasteiger partial charge in [0.15, 0.2) is 0 Å². The van der Waals surface area contributed by atoms with Crippen LogP contribution in [0.1, 0.15) is 46.5 Å². The second-order valence-electron chi connectivity index (χ2n) is 4.63. The van der Waals surface area contributed by atoms with Gasteiger partial charge in [0, 0.05) is 12.8 Å². The number of allylic oxidation sites excluding steroid dienone is 1. The molecule has 0 aromatic heterocycles. The first-order chi connectivity index (χ1) is 7.50. The third kappa shape index (κ3) is 2.71. The second-order valence-corrected chi connectivity index (χ2v) is 4.63. The minimum atomic E-state index is -0.810. The Hall–Kier alpha value is -1.12. The molecular weight excluding hydrogens is 204 g/mol. The van der Waals surface area contributed by atoms with Crippen molar-refractivity contribution in [2.75, 3.05) is 6.61 Å². The maximum absolute atomic E-state index is 11.8. The van der Waals surface area contributed by atoms with Gasteiger partial charge in [-0.25, -0.2) is 0 Å². The summed E-state index contributed by atoms with van der Waals surface area (Å²) in [5.41, 5.74) is 0.142. The molecule has 1 saturated carbocycles. The van der Waals surface area contributed by atoms with Crippen molar-refractivity contribution in [1.29, 1.82) is 0 Å². The first kappa shape index (κ1) is 12.9. The molecule has 3 heteroatoms. The van der Waals surface area contributed by atoms with E-state index in [9.17, 15) is 9.59 Å². The second kappa shape index (κ2) is 5.28. The zero-order valence-electron chi connectivity index (χ0n) is 10.3. The standard InChI is InChI=1S/C13H20O3/c1-4-16-9-10(2)8-13(3)11(14)6-5-7-12(13)15/h9H,4-8H2,1-3H3. The minimum Gasteiger partial charge on any atom is -0.502 e. The van der Waals surface area contributed by atoms with E-state index >= 15 is 0 Å². The summed E-state index contributed by atoms with van der Waals surface area (Å²) >= 11 is 0. The molecule has 0 amide bonds. The maximum Gasteiger partial charge on any atom is 0.146 e. The quantitative estimate of drug-likeness (QED) is 0.544. The third-order valence-corrected chi connectivity index (χ3v) is 3.12. The van der Waals surface area contributed by atoms with Crippen LogP contribution in [0.5, 0.6) is 0 Å². The van der Waals surface area contributed by atoms with Crippen molar-refractivity contribution in [3.05, 3.63) is 11.8 Å². The first-order valence-electron chi connectivity index (χ1n) is 5.84. The summed E-state index contributed by atoms with van der Waals surface area (Å²) in [4.78, 5) is 23.7. The van der Waals surface area contributed by atoms with Crippen molar-refractivity contribution in [1.82, 2.24) is 0 Å². The molecule has 0 atom stereocenters. The molecule has 90 valence electrons. The van der Waals surface area contributed by atoms with Gasteiger partial charge in [0.05, 0.1) is 18.3 Å². The van der Waals surface area contributed by atoms with Crippen LogP contribution in [-0.2, 0) is 14.3 Å². The Kier molecular flexibility index (Phi) is 4.27. The fourth-order valence-electron chi connectivity index (χ4n) is 2.14. The van der Waals surface area contributed by atoms with Crippen LogP contribution in [0.4, 0.5) is 0 Å². The molecule has 0 saturated heterocycles.